The summed E-state index contributed by atoms with van der Waals surface area (Å²) < 4.78 is 0. The Hall–Kier alpha value is -1.96. The van der Waals surface area contributed by atoms with E-state index in [2.05, 4.69) is 45.0 Å². The standard InChI is InChI=1S/C38H62O2/c1-4-7-10-11-12-13-14-15-16-17-18-19-20-21-22-25-36(32-26-28-37(39)34(30-32)23-8-5-2)33-27-29-38(40)35(31-33)24-9-6-3/h26-31,36,39-40H,4-25H2,1-3H3. The molecule has 0 aliphatic rings. The number of phenolic OH excluding ortho intramolecular Hbond substituents is 2. The van der Waals surface area contributed by atoms with Crippen LogP contribution < -0.4 is 0 Å². The van der Waals surface area contributed by atoms with E-state index in [4.69, 9.17) is 0 Å². The number of unbranched alkanes of at least 4 members (excludes halogenated alkanes) is 16. The second-order valence-electron chi connectivity index (χ2n) is 12.3. The van der Waals surface area contributed by atoms with Crippen molar-refractivity contribution in [3.8, 4) is 11.5 Å². The Morgan fingerprint density at radius 3 is 1.18 bits per heavy atom. The normalized spacial score (nSPS) is 11.5. The Labute approximate surface area is 248 Å². The first-order valence-corrected chi connectivity index (χ1v) is 17.2. The van der Waals surface area contributed by atoms with E-state index in [0.717, 1.165) is 56.1 Å². The Bertz CT molecular complexity index is 845. The van der Waals surface area contributed by atoms with Crippen LogP contribution in [0.2, 0.25) is 0 Å². The largest absolute Gasteiger partial charge is 0.508 e. The molecule has 0 saturated heterocycles. The first kappa shape index (κ1) is 34.2. The lowest BCUT2D eigenvalue weighted by molar-refractivity contribution is 0.466. The summed E-state index contributed by atoms with van der Waals surface area (Å²) in [6.45, 7) is 6.70. The van der Waals surface area contributed by atoms with Crippen LogP contribution in [0.25, 0.3) is 0 Å². The number of aryl methyl sites for hydroxylation is 2. The predicted molar refractivity (Wildman–Crippen MR) is 175 cm³/mol. The minimum atomic E-state index is 0.309. The van der Waals surface area contributed by atoms with Gasteiger partial charge in [0.15, 0.2) is 0 Å². The van der Waals surface area contributed by atoms with Gasteiger partial charge in [0.05, 0.1) is 0 Å². The third-order valence-electron chi connectivity index (χ3n) is 8.71. The summed E-state index contributed by atoms with van der Waals surface area (Å²) in [6, 6.07) is 12.5. The van der Waals surface area contributed by atoms with Crippen LogP contribution in [0.1, 0.15) is 177 Å². The van der Waals surface area contributed by atoms with E-state index in [0.29, 0.717) is 17.4 Å². The van der Waals surface area contributed by atoms with E-state index in [1.807, 2.05) is 12.1 Å². The Morgan fingerprint density at radius 1 is 0.450 bits per heavy atom. The van der Waals surface area contributed by atoms with Crippen molar-refractivity contribution in [2.24, 2.45) is 0 Å². The zero-order chi connectivity index (χ0) is 28.8. The Kier molecular flexibility index (Phi) is 18.6. The van der Waals surface area contributed by atoms with Crippen LogP contribution in [0.15, 0.2) is 36.4 Å². The fraction of sp³-hybridized carbons (Fsp3) is 0.684. The topological polar surface area (TPSA) is 40.5 Å². The molecule has 2 aromatic rings. The van der Waals surface area contributed by atoms with Crippen molar-refractivity contribution in [2.75, 3.05) is 0 Å². The van der Waals surface area contributed by atoms with E-state index in [1.54, 1.807) is 0 Å². The number of benzene rings is 2. The second kappa shape index (κ2) is 21.7. The van der Waals surface area contributed by atoms with Crippen LogP contribution in [0, 0.1) is 0 Å². The van der Waals surface area contributed by atoms with Gasteiger partial charge in [0.2, 0.25) is 0 Å². The summed E-state index contributed by atoms with van der Waals surface area (Å²) in [5, 5.41) is 21.0. The lowest BCUT2D eigenvalue weighted by Gasteiger charge is -2.21. The van der Waals surface area contributed by atoms with Crippen molar-refractivity contribution >= 4 is 0 Å². The molecule has 0 fully saturated rings. The maximum absolute atomic E-state index is 10.5. The second-order valence-corrected chi connectivity index (χ2v) is 12.3. The highest BCUT2D eigenvalue weighted by molar-refractivity contribution is 5.44. The maximum atomic E-state index is 10.5. The summed E-state index contributed by atoms with van der Waals surface area (Å²) >= 11 is 0. The van der Waals surface area contributed by atoms with Gasteiger partial charge in [-0.15, -0.1) is 0 Å². The van der Waals surface area contributed by atoms with Gasteiger partial charge in [-0.05, 0) is 66.5 Å². The first-order valence-electron chi connectivity index (χ1n) is 17.2. The third-order valence-corrected chi connectivity index (χ3v) is 8.71. The fourth-order valence-electron chi connectivity index (χ4n) is 6.02. The van der Waals surface area contributed by atoms with Crippen molar-refractivity contribution in [2.45, 2.75) is 168 Å². The van der Waals surface area contributed by atoms with Crippen LogP contribution in [0.5, 0.6) is 11.5 Å². The van der Waals surface area contributed by atoms with Crippen LogP contribution in [-0.2, 0) is 12.8 Å². The van der Waals surface area contributed by atoms with E-state index in [-0.39, 0.29) is 0 Å². The minimum absolute atomic E-state index is 0.309. The van der Waals surface area contributed by atoms with Crippen LogP contribution >= 0.6 is 0 Å². The van der Waals surface area contributed by atoms with Gasteiger partial charge in [-0.25, -0.2) is 0 Å². The molecule has 0 bridgehead atoms. The molecule has 2 heteroatoms. The number of phenols is 2. The molecule has 2 aromatic carbocycles. The summed E-state index contributed by atoms with van der Waals surface area (Å²) in [5.41, 5.74) is 4.76. The monoisotopic (exact) mass is 550 g/mol. The Balaban J connectivity index is 1.84. The zero-order valence-corrected chi connectivity index (χ0v) is 26.5. The van der Waals surface area contributed by atoms with E-state index < -0.39 is 0 Å². The summed E-state index contributed by atoms with van der Waals surface area (Å²) in [7, 11) is 0. The van der Waals surface area contributed by atoms with Crippen molar-refractivity contribution in [1.82, 2.24) is 0 Å². The minimum Gasteiger partial charge on any atom is -0.508 e. The van der Waals surface area contributed by atoms with Crippen LogP contribution in [0.3, 0.4) is 0 Å². The van der Waals surface area contributed by atoms with Crippen LogP contribution in [-0.4, -0.2) is 10.2 Å². The molecule has 2 rings (SSSR count). The average molecular weight is 551 g/mol. The molecule has 0 amide bonds. The summed E-state index contributed by atoms with van der Waals surface area (Å²) in [6.07, 6.45) is 28.2. The van der Waals surface area contributed by atoms with E-state index in [9.17, 15) is 10.2 Å². The van der Waals surface area contributed by atoms with Gasteiger partial charge in [0.1, 0.15) is 11.5 Å². The number of hydrogen-bond acceptors (Lipinski definition) is 2. The molecule has 0 radical (unpaired) electrons. The molecule has 0 aliphatic carbocycles. The van der Waals surface area contributed by atoms with Gasteiger partial charge in [0.25, 0.3) is 0 Å². The van der Waals surface area contributed by atoms with Gasteiger partial charge in [-0.2, -0.15) is 0 Å². The van der Waals surface area contributed by atoms with Crippen molar-refractivity contribution in [3.05, 3.63) is 58.7 Å². The highest BCUT2D eigenvalue weighted by Gasteiger charge is 2.17. The molecular weight excluding hydrogens is 488 g/mol. The summed E-state index contributed by atoms with van der Waals surface area (Å²) in [4.78, 5) is 0. The third kappa shape index (κ3) is 13.6. The number of hydrogen-bond donors (Lipinski definition) is 2. The Morgan fingerprint density at radius 2 is 0.800 bits per heavy atom. The maximum Gasteiger partial charge on any atom is 0.118 e. The lowest BCUT2D eigenvalue weighted by atomic mass is 9.84. The molecule has 2 N–H and O–H groups in total. The van der Waals surface area contributed by atoms with Crippen molar-refractivity contribution in [3.63, 3.8) is 0 Å². The molecular formula is C38H62O2. The smallest absolute Gasteiger partial charge is 0.118 e. The van der Waals surface area contributed by atoms with Crippen molar-refractivity contribution in [1.29, 1.82) is 0 Å². The molecule has 40 heavy (non-hydrogen) atoms. The van der Waals surface area contributed by atoms with Crippen LogP contribution in [0.4, 0.5) is 0 Å². The molecule has 0 atom stereocenters. The molecule has 0 saturated carbocycles. The molecule has 2 nitrogen and oxygen atoms in total. The van der Waals surface area contributed by atoms with Gasteiger partial charge in [-0.3, -0.25) is 0 Å². The zero-order valence-electron chi connectivity index (χ0n) is 26.5. The lowest BCUT2D eigenvalue weighted by Crippen LogP contribution is -2.04. The summed E-state index contributed by atoms with van der Waals surface area (Å²) in [5.74, 6) is 1.17. The molecule has 0 aliphatic heterocycles. The first-order chi connectivity index (χ1) is 19.6. The highest BCUT2D eigenvalue weighted by Crippen LogP contribution is 2.35. The van der Waals surface area contributed by atoms with E-state index in [1.165, 1.54) is 107 Å². The quantitative estimate of drug-likeness (QED) is 0.128. The van der Waals surface area contributed by atoms with E-state index >= 15 is 0 Å². The molecule has 0 spiro atoms. The molecule has 0 heterocycles. The molecule has 226 valence electrons. The van der Waals surface area contributed by atoms with Gasteiger partial charge in [0, 0.05) is 5.92 Å². The predicted octanol–water partition coefficient (Wildman–Crippen LogP) is 12.2. The van der Waals surface area contributed by atoms with Crippen molar-refractivity contribution < 1.29 is 10.2 Å². The fourth-order valence-corrected chi connectivity index (χ4v) is 6.02. The molecule has 0 unspecified atom stereocenters. The van der Waals surface area contributed by atoms with Gasteiger partial charge < -0.3 is 10.2 Å². The number of rotatable bonds is 24. The van der Waals surface area contributed by atoms with Gasteiger partial charge >= 0.3 is 0 Å². The average Bonchev–Trinajstić information content (AvgIpc) is 2.96. The SMILES string of the molecule is CCCCCCCCCCCCCCCCCC(c1ccc(O)c(CCCC)c1)c1ccc(O)c(CCCC)c1. The highest BCUT2D eigenvalue weighted by atomic mass is 16.3. The number of aromatic hydroxyl groups is 2. The van der Waals surface area contributed by atoms with Gasteiger partial charge in [-0.1, -0.05) is 154 Å². The molecule has 0 aromatic heterocycles.